The van der Waals surface area contributed by atoms with Crippen LogP contribution in [0.5, 0.6) is 0 Å². The minimum atomic E-state index is -0.232. The zero-order valence-corrected chi connectivity index (χ0v) is 11.6. The fourth-order valence-corrected chi connectivity index (χ4v) is 1.59. The third-order valence-corrected chi connectivity index (χ3v) is 3.31. The molecule has 18 heavy (non-hydrogen) atoms. The van der Waals surface area contributed by atoms with Crippen molar-refractivity contribution in [2.45, 2.75) is 13.0 Å². The molecule has 2 atom stereocenters. The zero-order chi connectivity index (χ0) is 13.7. The van der Waals surface area contributed by atoms with Crippen LogP contribution in [-0.2, 0) is 4.79 Å². The Labute approximate surface area is 116 Å². The van der Waals surface area contributed by atoms with Crippen LogP contribution in [0.4, 0.5) is 5.69 Å². The van der Waals surface area contributed by atoms with Crippen LogP contribution in [0, 0.1) is 11.3 Å². The monoisotopic (exact) mass is 286 g/mol. The summed E-state index contributed by atoms with van der Waals surface area (Å²) in [4.78, 5) is 12.6. The molecule has 0 radical (unpaired) electrons. The number of rotatable bonds is 4. The molecule has 96 valence electrons. The molecule has 6 heteroatoms. The average Bonchev–Trinajstić information content (AvgIpc) is 2.32. The van der Waals surface area contributed by atoms with Gasteiger partial charge in [0.2, 0.25) is 0 Å². The maximum absolute atomic E-state index is 11.7. The molecular weight excluding hydrogens is 273 g/mol. The molecule has 1 aromatic carbocycles. The number of nitrogens with zero attached hydrogens (tertiary/aromatic N) is 1. The van der Waals surface area contributed by atoms with Crippen molar-refractivity contribution >= 4 is 34.8 Å². The molecule has 4 nitrogen and oxygen atoms in total. The van der Waals surface area contributed by atoms with Gasteiger partial charge in [0, 0.05) is 12.6 Å². The molecule has 0 aromatic heterocycles. The van der Waals surface area contributed by atoms with E-state index in [1.54, 1.807) is 32.2 Å². The van der Waals surface area contributed by atoms with Crippen molar-refractivity contribution in [3.63, 3.8) is 0 Å². The summed E-state index contributed by atoms with van der Waals surface area (Å²) in [7, 11) is 1.79. The highest BCUT2D eigenvalue weighted by Gasteiger charge is 2.16. The van der Waals surface area contributed by atoms with E-state index in [2.05, 4.69) is 11.4 Å². The largest absolute Gasteiger partial charge is 0.321 e. The van der Waals surface area contributed by atoms with Crippen LogP contribution in [0.2, 0.25) is 10.0 Å². The number of nitrogens with one attached hydrogen (secondary N) is 2. The highest BCUT2D eigenvalue weighted by Crippen LogP contribution is 2.24. The third kappa shape index (κ3) is 4.19. The molecule has 0 bridgehead atoms. The van der Waals surface area contributed by atoms with E-state index in [0.29, 0.717) is 15.7 Å². The van der Waals surface area contributed by atoms with Crippen molar-refractivity contribution in [2.24, 2.45) is 0 Å². The number of halogens is 2. The van der Waals surface area contributed by atoms with Crippen LogP contribution in [0.3, 0.4) is 0 Å². The SMILES string of the molecule is C[C@@H](C#N)[NH+](C)CC(=O)Nc1ccc(Cl)c(Cl)c1. The van der Waals surface area contributed by atoms with Gasteiger partial charge in [-0.15, -0.1) is 0 Å². The van der Waals surface area contributed by atoms with E-state index in [9.17, 15) is 4.79 Å². The van der Waals surface area contributed by atoms with Crippen molar-refractivity contribution in [3.8, 4) is 6.07 Å². The summed E-state index contributed by atoms with van der Waals surface area (Å²) in [5, 5.41) is 12.3. The molecule has 0 spiro atoms. The topological polar surface area (TPSA) is 57.3 Å². The van der Waals surface area contributed by atoms with Gasteiger partial charge in [-0.3, -0.25) is 4.79 Å². The molecule has 0 saturated heterocycles. The quantitative estimate of drug-likeness (QED) is 0.878. The van der Waals surface area contributed by atoms with Crippen molar-refractivity contribution < 1.29 is 9.69 Å². The highest BCUT2D eigenvalue weighted by atomic mass is 35.5. The van der Waals surface area contributed by atoms with Gasteiger partial charge in [0.05, 0.1) is 17.1 Å². The molecule has 0 aliphatic rings. The maximum Gasteiger partial charge on any atom is 0.279 e. The van der Waals surface area contributed by atoms with Crippen LogP contribution in [0.15, 0.2) is 18.2 Å². The van der Waals surface area contributed by atoms with Crippen LogP contribution < -0.4 is 10.2 Å². The first kappa shape index (κ1) is 14.8. The van der Waals surface area contributed by atoms with E-state index in [0.717, 1.165) is 4.90 Å². The van der Waals surface area contributed by atoms with E-state index >= 15 is 0 Å². The Morgan fingerprint density at radius 2 is 2.17 bits per heavy atom. The Bertz CT molecular complexity index is 485. The molecule has 0 fully saturated rings. The van der Waals surface area contributed by atoms with Gasteiger partial charge in [0.25, 0.3) is 5.91 Å². The Balaban J connectivity index is 2.60. The van der Waals surface area contributed by atoms with Gasteiger partial charge < -0.3 is 10.2 Å². The Kier molecular flexibility index (Phi) is 5.42. The van der Waals surface area contributed by atoms with E-state index in [1.807, 2.05) is 0 Å². The molecule has 1 aromatic rings. The number of amides is 1. The van der Waals surface area contributed by atoms with Gasteiger partial charge in [-0.05, 0) is 18.2 Å². The molecule has 0 heterocycles. The van der Waals surface area contributed by atoms with Crippen LogP contribution in [-0.4, -0.2) is 25.5 Å². The third-order valence-electron chi connectivity index (χ3n) is 2.58. The van der Waals surface area contributed by atoms with Crippen molar-refractivity contribution in [1.29, 1.82) is 5.26 Å². The highest BCUT2D eigenvalue weighted by molar-refractivity contribution is 6.42. The zero-order valence-electron chi connectivity index (χ0n) is 10.1. The number of nitriles is 1. The van der Waals surface area contributed by atoms with Crippen LogP contribution in [0.1, 0.15) is 6.92 Å². The first-order chi connectivity index (χ1) is 8.43. The number of anilines is 1. The lowest BCUT2D eigenvalue weighted by Crippen LogP contribution is -3.13. The van der Waals surface area contributed by atoms with Crippen molar-refractivity contribution in [3.05, 3.63) is 28.2 Å². The van der Waals surface area contributed by atoms with Crippen molar-refractivity contribution in [2.75, 3.05) is 18.9 Å². The predicted molar refractivity (Wildman–Crippen MR) is 71.9 cm³/mol. The Hall–Kier alpha value is -1.28. The lowest BCUT2D eigenvalue weighted by atomic mass is 10.3. The number of quaternary nitrogens is 1. The smallest absolute Gasteiger partial charge is 0.279 e. The van der Waals surface area contributed by atoms with Gasteiger partial charge in [-0.1, -0.05) is 23.2 Å². The normalized spacial score (nSPS) is 13.5. The van der Waals surface area contributed by atoms with Gasteiger partial charge in [-0.2, -0.15) is 5.26 Å². The first-order valence-electron chi connectivity index (χ1n) is 5.41. The number of benzene rings is 1. The molecule has 1 unspecified atom stereocenters. The second-order valence-electron chi connectivity index (χ2n) is 4.05. The van der Waals surface area contributed by atoms with Gasteiger partial charge in [0.1, 0.15) is 6.07 Å². The lowest BCUT2D eigenvalue weighted by molar-refractivity contribution is -0.886. The van der Waals surface area contributed by atoms with Crippen LogP contribution >= 0.6 is 23.2 Å². The van der Waals surface area contributed by atoms with E-state index in [-0.39, 0.29) is 18.5 Å². The predicted octanol–water partition coefficient (Wildman–Crippen LogP) is 1.36. The van der Waals surface area contributed by atoms with E-state index in [1.165, 1.54) is 0 Å². The first-order valence-corrected chi connectivity index (χ1v) is 6.16. The minimum Gasteiger partial charge on any atom is -0.321 e. The van der Waals surface area contributed by atoms with Gasteiger partial charge >= 0.3 is 0 Å². The van der Waals surface area contributed by atoms with Gasteiger partial charge in [-0.25, -0.2) is 0 Å². The Morgan fingerprint density at radius 1 is 1.50 bits per heavy atom. The summed E-state index contributed by atoms with van der Waals surface area (Å²) in [5.74, 6) is -0.173. The summed E-state index contributed by atoms with van der Waals surface area (Å²) in [6.45, 7) is 1.98. The summed E-state index contributed by atoms with van der Waals surface area (Å²) in [6, 6.07) is 6.75. The lowest BCUT2D eigenvalue weighted by Gasteiger charge is -2.15. The summed E-state index contributed by atoms with van der Waals surface area (Å²) in [5.41, 5.74) is 0.590. The van der Waals surface area contributed by atoms with Gasteiger partial charge in [0.15, 0.2) is 12.6 Å². The fraction of sp³-hybridized carbons (Fsp3) is 0.333. The summed E-state index contributed by atoms with van der Waals surface area (Å²) >= 11 is 11.6. The van der Waals surface area contributed by atoms with Crippen molar-refractivity contribution in [1.82, 2.24) is 0 Å². The van der Waals surface area contributed by atoms with E-state index < -0.39 is 0 Å². The number of hydrogen-bond acceptors (Lipinski definition) is 2. The second kappa shape index (κ2) is 6.60. The molecular formula is C12H14Cl2N3O+. The van der Waals surface area contributed by atoms with E-state index in [4.69, 9.17) is 28.5 Å². The molecule has 0 aliphatic carbocycles. The molecule has 0 aliphatic heterocycles. The molecule has 1 rings (SSSR count). The maximum atomic E-state index is 11.7. The Morgan fingerprint density at radius 3 is 2.72 bits per heavy atom. The molecule has 2 N–H and O–H groups in total. The second-order valence-corrected chi connectivity index (χ2v) is 4.87. The average molecular weight is 287 g/mol. The number of hydrogen-bond donors (Lipinski definition) is 2. The minimum absolute atomic E-state index is 0.173. The fourth-order valence-electron chi connectivity index (χ4n) is 1.30. The number of carbonyl (C=O) groups is 1. The number of likely N-dealkylation sites (N-methyl/N-ethyl adjacent to an activating group) is 1. The molecule has 0 saturated carbocycles. The van der Waals surface area contributed by atoms with Crippen LogP contribution in [0.25, 0.3) is 0 Å². The number of carbonyl (C=O) groups excluding carboxylic acids is 1. The standard InChI is InChI=1S/C12H13Cl2N3O/c1-8(6-15)17(2)7-12(18)16-9-3-4-10(13)11(14)5-9/h3-5,8H,7H2,1-2H3,(H,16,18)/p+1/t8-/m0/s1. The summed E-state index contributed by atoms with van der Waals surface area (Å²) < 4.78 is 0. The molecule has 1 amide bonds. The summed E-state index contributed by atoms with van der Waals surface area (Å²) in [6.07, 6.45) is 0.